The maximum absolute atomic E-state index is 12.5. The number of likely N-dealkylation sites (N-methyl/N-ethyl adjacent to an activating group) is 1. The van der Waals surface area contributed by atoms with Crippen LogP contribution in [-0.2, 0) is 4.74 Å². The Bertz CT molecular complexity index is 396. The fourth-order valence-electron chi connectivity index (χ4n) is 1.75. The standard InChI is InChI=1S/C14H23N3O2/c1-4-7-16-13-6-8-15-11-12(13)14(18)17(5-2)9-10-19-3/h6,8,11H,4-5,7,9-10H2,1-3H3,(H,15,16). The minimum atomic E-state index is -0.00810. The number of ether oxygens (including phenoxy) is 1. The molecule has 0 bridgehead atoms. The summed E-state index contributed by atoms with van der Waals surface area (Å²) in [7, 11) is 1.64. The summed E-state index contributed by atoms with van der Waals surface area (Å²) in [6.07, 6.45) is 4.33. The Morgan fingerprint density at radius 3 is 2.89 bits per heavy atom. The number of carbonyl (C=O) groups excluding carboxylic acids is 1. The molecule has 0 fully saturated rings. The number of hydrogen-bond acceptors (Lipinski definition) is 4. The molecule has 0 saturated heterocycles. The number of anilines is 1. The summed E-state index contributed by atoms with van der Waals surface area (Å²) in [5, 5.41) is 3.26. The monoisotopic (exact) mass is 265 g/mol. The van der Waals surface area contributed by atoms with Gasteiger partial charge in [0, 0.05) is 39.1 Å². The van der Waals surface area contributed by atoms with Gasteiger partial charge in [-0.3, -0.25) is 9.78 Å². The molecule has 1 heterocycles. The Morgan fingerprint density at radius 2 is 2.26 bits per heavy atom. The lowest BCUT2D eigenvalue weighted by Gasteiger charge is -2.21. The number of methoxy groups -OCH3 is 1. The van der Waals surface area contributed by atoms with E-state index in [1.54, 1.807) is 24.4 Å². The number of nitrogens with zero attached hydrogens (tertiary/aromatic N) is 2. The van der Waals surface area contributed by atoms with Crippen LogP contribution >= 0.6 is 0 Å². The summed E-state index contributed by atoms with van der Waals surface area (Å²) < 4.78 is 5.03. The zero-order valence-corrected chi connectivity index (χ0v) is 12.0. The molecule has 0 aromatic carbocycles. The highest BCUT2D eigenvalue weighted by molar-refractivity contribution is 5.99. The van der Waals surface area contributed by atoms with Crippen molar-refractivity contribution in [2.75, 3.05) is 38.7 Å². The quantitative estimate of drug-likeness (QED) is 0.781. The van der Waals surface area contributed by atoms with Crippen LogP contribution in [0.2, 0.25) is 0 Å². The predicted octanol–water partition coefficient (Wildman–Crippen LogP) is 2.01. The van der Waals surface area contributed by atoms with Crippen LogP contribution < -0.4 is 5.32 Å². The summed E-state index contributed by atoms with van der Waals surface area (Å²) in [6.45, 7) is 6.68. The van der Waals surface area contributed by atoms with Crippen LogP contribution in [0.1, 0.15) is 30.6 Å². The topological polar surface area (TPSA) is 54.5 Å². The first-order valence-electron chi connectivity index (χ1n) is 6.70. The molecule has 0 spiro atoms. The zero-order chi connectivity index (χ0) is 14.1. The molecule has 0 atom stereocenters. The number of carbonyl (C=O) groups is 1. The van der Waals surface area contributed by atoms with E-state index in [9.17, 15) is 4.79 Å². The van der Waals surface area contributed by atoms with Crippen molar-refractivity contribution in [1.82, 2.24) is 9.88 Å². The van der Waals surface area contributed by atoms with Crippen molar-refractivity contribution in [1.29, 1.82) is 0 Å². The molecule has 5 nitrogen and oxygen atoms in total. The van der Waals surface area contributed by atoms with Gasteiger partial charge in [-0.25, -0.2) is 0 Å². The Hall–Kier alpha value is -1.62. The lowest BCUT2D eigenvalue weighted by atomic mass is 10.2. The molecule has 0 aliphatic rings. The SMILES string of the molecule is CCCNc1ccncc1C(=O)N(CC)CCOC. The second-order valence-electron chi connectivity index (χ2n) is 4.23. The van der Waals surface area contributed by atoms with Crippen molar-refractivity contribution in [3.63, 3.8) is 0 Å². The lowest BCUT2D eigenvalue weighted by molar-refractivity contribution is 0.0707. The maximum Gasteiger partial charge on any atom is 0.257 e. The molecule has 1 amide bonds. The van der Waals surface area contributed by atoms with Gasteiger partial charge in [-0.1, -0.05) is 6.92 Å². The van der Waals surface area contributed by atoms with Crippen LogP contribution in [0.5, 0.6) is 0 Å². The van der Waals surface area contributed by atoms with Gasteiger partial charge in [0.2, 0.25) is 0 Å². The van der Waals surface area contributed by atoms with Crippen LogP contribution in [0.3, 0.4) is 0 Å². The number of rotatable bonds is 8. The number of pyridine rings is 1. The molecule has 1 rings (SSSR count). The van der Waals surface area contributed by atoms with Gasteiger partial charge >= 0.3 is 0 Å². The molecular weight excluding hydrogens is 242 g/mol. The van der Waals surface area contributed by atoms with E-state index in [4.69, 9.17) is 4.74 Å². The Balaban J connectivity index is 2.84. The first-order valence-corrected chi connectivity index (χ1v) is 6.70. The second-order valence-corrected chi connectivity index (χ2v) is 4.23. The third-order valence-corrected chi connectivity index (χ3v) is 2.85. The van der Waals surface area contributed by atoms with E-state index in [1.165, 1.54) is 0 Å². The number of amides is 1. The third-order valence-electron chi connectivity index (χ3n) is 2.85. The molecule has 0 radical (unpaired) electrons. The Kier molecular flexibility index (Phi) is 6.89. The molecule has 0 aliphatic carbocycles. The molecule has 0 unspecified atom stereocenters. The normalized spacial score (nSPS) is 10.3. The van der Waals surface area contributed by atoms with Gasteiger partial charge in [0.05, 0.1) is 17.9 Å². The highest BCUT2D eigenvalue weighted by atomic mass is 16.5. The average molecular weight is 265 g/mol. The fourth-order valence-corrected chi connectivity index (χ4v) is 1.75. The molecule has 1 N–H and O–H groups in total. The largest absolute Gasteiger partial charge is 0.384 e. The Morgan fingerprint density at radius 1 is 1.47 bits per heavy atom. The van der Waals surface area contributed by atoms with Gasteiger partial charge in [-0.2, -0.15) is 0 Å². The number of nitrogens with one attached hydrogen (secondary N) is 1. The molecule has 1 aromatic heterocycles. The van der Waals surface area contributed by atoms with Crippen molar-refractivity contribution in [2.24, 2.45) is 0 Å². The molecule has 0 saturated carbocycles. The first kappa shape index (κ1) is 15.4. The zero-order valence-electron chi connectivity index (χ0n) is 12.0. The van der Waals surface area contributed by atoms with Crippen molar-refractivity contribution in [3.05, 3.63) is 24.0 Å². The van der Waals surface area contributed by atoms with Gasteiger partial charge in [-0.05, 0) is 19.4 Å². The van der Waals surface area contributed by atoms with Crippen LogP contribution in [0.4, 0.5) is 5.69 Å². The third kappa shape index (κ3) is 4.52. The van der Waals surface area contributed by atoms with Crippen LogP contribution in [0.25, 0.3) is 0 Å². The first-order chi connectivity index (χ1) is 9.24. The van der Waals surface area contributed by atoms with Crippen molar-refractivity contribution < 1.29 is 9.53 Å². The second kappa shape index (κ2) is 8.48. The van der Waals surface area contributed by atoms with E-state index < -0.39 is 0 Å². The lowest BCUT2D eigenvalue weighted by Crippen LogP contribution is -2.34. The maximum atomic E-state index is 12.5. The highest BCUT2D eigenvalue weighted by Gasteiger charge is 2.17. The molecule has 0 aliphatic heterocycles. The molecule has 106 valence electrons. The van der Waals surface area contributed by atoms with Crippen molar-refractivity contribution in [2.45, 2.75) is 20.3 Å². The minimum absolute atomic E-state index is 0.00810. The van der Waals surface area contributed by atoms with Gasteiger partial charge in [0.15, 0.2) is 0 Å². The van der Waals surface area contributed by atoms with Crippen molar-refractivity contribution >= 4 is 11.6 Å². The van der Waals surface area contributed by atoms with Gasteiger partial charge < -0.3 is 15.0 Å². The van der Waals surface area contributed by atoms with E-state index >= 15 is 0 Å². The summed E-state index contributed by atoms with van der Waals surface area (Å²) in [4.78, 5) is 18.3. The fraction of sp³-hybridized carbons (Fsp3) is 0.571. The van der Waals surface area contributed by atoms with Crippen LogP contribution in [0.15, 0.2) is 18.5 Å². The van der Waals surface area contributed by atoms with Crippen molar-refractivity contribution in [3.8, 4) is 0 Å². The average Bonchev–Trinajstić information content (AvgIpc) is 2.46. The van der Waals surface area contributed by atoms with E-state index in [1.807, 2.05) is 13.0 Å². The number of aromatic nitrogens is 1. The molecule has 5 heteroatoms. The van der Waals surface area contributed by atoms with Gasteiger partial charge in [-0.15, -0.1) is 0 Å². The molecule has 1 aromatic rings. The van der Waals surface area contributed by atoms with E-state index in [2.05, 4.69) is 17.2 Å². The van der Waals surface area contributed by atoms with Crippen LogP contribution in [0, 0.1) is 0 Å². The molecular formula is C14H23N3O2. The summed E-state index contributed by atoms with van der Waals surface area (Å²) in [5.74, 6) is -0.00810. The van der Waals surface area contributed by atoms with E-state index in [0.717, 1.165) is 18.7 Å². The predicted molar refractivity (Wildman–Crippen MR) is 76.5 cm³/mol. The summed E-state index contributed by atoms with van der Waals surface area (Å²) >= 11 is 0. The van der Waals surface area contributed by atoms with Gasteiger partial charge in [0.1, 0.15) is 0 Å². The summed E-state index contributed by atoms with van der Waals surface area (Å²) in [5.41, 5.74) is 1.46. The smallest absolute Gasteiger partial charge is 0.257 e. The van der Waals surface area contributed by atoms with E-state index in [-0.39, 0.29) is 5.91 Å². The van der Waals surface area contributed by atoms with Gasteiger partial charge in [0.25, 0.3) is 5.91 Å². The van der Waals surface area contributed by atoms with E-state index in [0.29, 0.717) is 25.3 Å². The Labute approximate surface area is 115 Å². The summed E-state index contributed by atoms with van der Waals surface area (Å²) in [6, 6.07) is 1.84. The van der Waals surface area contributed by atoms with Crippen LogP contribution in [-0.4, -0.2) is 49.1 Å². The highest BCUT2D eigenvalue weighted by Crippen LogP contribution is 2.16. The number of hydrogen-bond donors (Lipinski definition) is 1. The minimum Gasteiger partial charge on any atom is -0.384 e. The molecule has 19 heavy (non-hydrogen) atoms.